The van der Waals surface area contributed by atoms with E-state index in [4.69, 9.17) is 0 Å². The van der Waals surface area contributed by atoms with Gasteiger partial charge in [-0.05, 0) is 48.6 Å². The SMILES string of the molecule is CSCC[C@H](NC(=O)c1ccc2c(c1)CCN2)C(=O)Cc1nc(-c2ccccc2)cs1.S. The van der Waals surface area contributed by atoms with Gasteiger partial charge in [-0.3, -0.25) is 9.59 Å². The van der Waals surface area contributed by atoms with Crippen LogP contribution in [0, 0.1) is 0 Å². The number of nitrogens with one attached hydrogen (secondary N) is 2. The number of benzene rings is 2. The second kappa shape index (κ2) is 11.5. The molecule has 0 saturated carbocycles. The number of carbonyl (C=O) groups excluding carboxylic acids is 2. The van der Waals surface area contributed by atoms with Crippen molar-refractivity contribution < 1.29 is 9.59 Å². The Morgan fingerprint density at radius 3 is 2.81 bits per heavy atom. The van der Waals surface area contributed by atoms with Crippen LogP contribution in [0.1, 0.15) is 27.3 Å². The van der Waals surface area contributed by atoms with Gasteiger partial charge in [-0.1, -0.05) is 30.3 Å². The largest absolute Gasteiger partial charge is 0.384 e. The van der Waals surface area contributed by atoms with E-state index in [2.05, 4.69) is 15.6 Å². The lowest BCUT2D eigenvalue weighted by Crippen LogP contribution is -2.42. The normalized spacial score (nSPS) is 12.9. The summed E-state index contributed by atoms with van der Waals surface area (Å²) in [5, 5.41) is 9.02. The molecule has 1 aromatic heterocycles. The zero-order valence-corrected chi connectivity index (χ0v) is 20.5. The van der Waals surface area contributed by atoms with E-state index < -0.39 is 6.04 Å². The third-order valence-electron chi connectivity index (χ3n) is 5.33. The second-order valence-electron chi connectivity index (χ2n) is 7.49. The molecule has 2 heterocycles. The fourth-order valence-corrected chi connectivity index (χ4v) is 4.93. The van der Waals surface area contributed by atoms with Crippen LogP contribution in [0.5, 0.6) is 0 Å². The van der Waals surface area contributed by atoms with Crippen LogP contribution in [0.25, 0.3) is 11.3 Å². The molecule has 3 aromatic rings. The van der Waals surface area contributed by atoms with Crippen molar-refractivity contribution in [2.75, 3.05) is 23.9 Å². The van der Waals surface area contributed by atoms with Crippen LogP contribution in [-0.4, -0.2) is 41.3 Å². The summed E-state index contributed by atoms with van der Waals surface area (Å²) in [4.78, 5) is 30.5. The molecule has 5 nitrogen and oxygen atoms in total. The number of amides is 1. The number of carbonyl (C=O) groups is 2. The first-order valence-electron chi connectivity index (χ1n) is 10.3. The number of nitrogens with zero attached hydrogens (tertiary/aromatic N) is 1. The van der Waals surface area contributed by atoms with E-state index in [1.165, 1.54) is 11.3 Å². The Morgan fingerprint density at radius 2 is 2.03 bits per heavy atom. The zero-order valence-electron chi connectivity index (χ0n) is 17.9. The number of aromatic nitrogens is 1. The fraction of sp³-hybridized carbons (Fsp3) is 0.292. The molecule has 2 N–H and O–H groups in total. The summed E-state index contributed by atoms with van der Waals surface area (Å²) in [5.41, 5.74) is 4.76. The number of rotatable bonds is 9. The average Bonchev–Trinajstić information content (AvgIpc) is 3.46. The number of Topliss-reactive ketones (excluding diaryl/α,β-unsaturated/α-hetero) is 1. The van der Waals surface area contributed by atoms with Crippen LogP contribution in [0.15, 0.2) is 53.9 Å². The summed E-state index contributed by atoms with van der Waals surface area (Å²) < 4.78 is 0. The standard InChI is InChI=1S/C24H25N3O2S2.H2S/c1-30-12-10-20(27-24(29)18-7-8-19-17(13-18)9-11-25-19)22(28)14-23-26-21(15-31-23)16-5-3-2-4-6-16;/h2-8,13,15,20,25H,9-12,14H2,1H3,(H,27,29);1H2/t20-;/m0./s1. The number of thiazole rings is 1. The minimum Gasteiger partial charge on any atom is -0.384 e. The topological polar surface area (TPSA) is 71.1 Å². The summed E-state index contributed by atoms with van der Waals surface area (Å²) in [6.07, 6.45) is 3.75. The van der Waals surface area contributed by atoms with Crippen molar-refractivity contribution in [3.63, 3.8) is 0 Å². The number of thioether (sulfide) groups is 1. The van der Waals surface area contributed by atoms with Gasteiger partial charge in [0.05, 0.1) is 18.2 Å². The molecule has 0 spiro atoms. The summed E-state index contributed by atoms with van der Waals surface area (Å²) in [7, 11) is 0. The predicted octanol–water partition coefficient (Wildman–Crippen LogP) is 4.55. The van der Waals surface area contributed by atoms with Gasteiger partial charge < -0.3 is 10.6 Å². The number of hydrogen-bond acceptors (Lipinski definition) is 6. The first-order valence-corrected chi connectivity index (χ1v) is 12.6. The molecular weight excluding hydrogens is 458 g/mol. The smallest absolute Gasteiger partial charge is 0.251 e. The summed E-state index contributed by atoms with van der Waals surface area (Å²) in [6, 6.07) is 15.1. The molecule has 0 aliphatic carbocycles. The van der Waals surface area contributed by atoms with Crippen molar-refractivity contribution in [1.29, 1.82) is 0 Å². The van der Waals surface area contributed by atoms with Gasteiger partial charge in [-0.15, -0.1) is 11.3 Å². The summed E-state index contributed by atoms with van der Waals surface area (Å²) in [5.74, 6) is 0.607. The van der Waals surface area contributed by atoms with E-state index in [1.54, 1.807) is 11.8 Å². The molecule has 0 unspecified atom stereocenters. The molecule has 1 atom stereocenters. The Labute approximate surface area is 203 Å². The molecule has 4 rings (SSSR count). The summed E-state index contributed by atoms with van der Waals surface area (Å²) in [6.45, 7) is 0.897. The molecule has 0 bridgehead atoms. The van der Waals surface area contributed by atoms with Crippen LogP contribution in [0.2, 0.25) is 0 Å². The monoisotopic (exact) mass is 485 g/mol. The molecular formula is C24H27N3O2S3. The van der Waals surface area contributed by atoms with E-state index in [0.29, 0.717) is 12.0 Å². The molecule has 1 amide bonds. The molecule has 168 valence electrons. The molecule has 1 aliphatic heterocycles. The van der Waals surface area contributed by atoms with Gasteiger partial charge in [-0.2, -0.15) is 25.3 Å². The van der Waals surface area contributed by atoms with Crippen LogP contribution in [0.3, 0.4) is 0 Å². The molecule has 0 saturated heterocycles. The van der Waals surface area contributed by atoms with Crippen molar-refractivity contribution in [2.24, 2.45) is 0 Å². The third kappa shape index (κ3) is 5.94. The van der Waals surface area contributed by atoms with E-state index in [0.717, 1.165) is 46.2 Å². The van der Waals surface area contributed by atoms with Crippen molar-refractivity contribution in [3.8, 4) is 11.3 Å². The maximum absolute atomic E-state index is 13.1. The Balaban J connectivity index is 0.00000289. The molecule has 8 heteroatoms. The van der Waals surface area contributed by atoms with Gasteiger partial charge >= 0.3 is 0 Å². The quantitative estimate of drug-likeness (QED) is 0.465. The maximum Gasteiger partial charge on any atom is 0.251 e. The predicted molar refractivity (Wildman–Crippen MR) is 140 cm³/mol. The van der Waals surface area contributed by atoms with Gasteiger partial charge in [0.25, 0.3) is 5.91 Å². The Kier molecular flexibility index (Phi) is 8.78. The molecule has 32 heavy (non-hydrogen) atoms. The van der Waals surface area contributed by atoms with Gasteiger partial charge in [0.2, 0.25) is 0 Å². The molecule has 0 radical (unpaired) electrons. The van der Waals surface area contributed by atoms with Gasteiger partial charge in [0.15, 0.2) is 5.78 Å². The highest BCUT2D eigenvalue weighted by atomic mass is 32.2. The minimum atomic E-state index is -0.518. The first kappa shape index (κ1) is 24.4. The number of anilines is 1. The average molecular weight is 486 g/mol. The van der Waals surface area contributed by atoms with Gasteiger partial charge in [0, 0.05) is 28.7 Å². The summed E-state index contributed by atoms with van der Waals surface area (Å²) >= 11 is 3.16. The second-order valence-corrected chi connectivity index (χ2v) is 9.42. The lowest BCUT2D eigenvalue weighted by atomic mass is 10.0. The van der Waals surface area contributed by atoms with Crippen LogP contribution in [-0.2, 0) is 17.6 Å². The zero-order chi connectivity index (χ0) is 21.6. The highest BCUT2D eigenvalue weighted by molar-refractivity contribution is 7.98. The van der Waals surface area contributed by atoms with E-state index >= 15 is 0 Å². The van der Waals surface area contributed by atoms with Crippen LogP contribution >= 0.6 is 36.6 Å². The van der Waals surface area contributed by atoms with Crippen molar-refractivity contribution in [1.82, 2.24) is 10.3 Å². The Bertz CT molecular complexity index is 1070. The maximum atomic E-state index is 13.1. The highest BCUT2D eigenvalue weighted by Crippen LogP contribution is 2.24. The van der Waals surface area contributed by atoms with Gasteiger partial charge in [0.1, 0.15) is 5.01 Å². The van der Waals surface area contributed by atoms with Crippen molar-refractivity contribution in [2.45, 2.75) is 25.3 Å². The number of hydrogen-bond donors (Lipinski definition) is 2. The Hall–Kier alpha value is -2.29. The number of fused-ring (bicyclic) bond motifs is 1. The molecule has 0 fully saturated rings. The van der Waals surface area contributed by atoms with Crippen LogP contribution < -0.4 is 10.6 Å². The van der Waals surface area contributed by atoms with E-state index in [9.17, 15) is 9.59 Å². The minimum absolute atomic E-state index is 0. The van der Waals surface area contributed by atoms with E-state index in [1.807, 2.05) is 60.2 Å². The Morgan fingerprint density at radius 1 is 1.22 bits per heavy atom. The lowest BCUT2D eigenvalue weighted by molar-refractivity contribution is -0.120. The lowest BCUT2D eigenvalue weighted by Gasteiger charge is -2.17. The number of ketones is 1. The first-order chi connectivity index (χ1) is 15.1. The van der Waals surface area contributed by atoms with Crippen molar-refractivity contribution >= 4 is 54.0 Å². The van der Waals surface area contributed by atoms with Gasteiger partial charge in [-0.25, -0.2) is 4.98 Å². The van der Waals surface area contributed by atoms with Crippen molar-refractivity contribution in [3.05, 3.63) is 70.0 Å². The fourth-order valence-electron chi connectivity index (χ4n) is 3.64. The highest BCUT2D eigenvalue weighted by Gasteiger charge is 2.23. The van der Waals surface area contributed by atoms with E-state index in [-0.39, 0.29) is 31.6 Å². The molecule has 1 aliphatic rings. The van der Waals surface area contributed by atoms with Crippen LogP contribution in [0.4, 0.5) is 5.69 Å². The molecule has 2 aromatic carbocycles. The third-order valence-corrected chi connectivity index (χ3v) is 6.82.